The molecule has 0 saturated heterocycles. The second-order valence-corrected chi connectivity index (χ2v) is 5.05. The first-order chi connectivity index (χ1) is 8.09. The maximum Gasteiger partial charge on any atom is 0.155 e. The number of rotatable bonds is 2. The van der Waals surface area contributed by atoms with Crippen LogP contribution < -0.4 is 5.32 Å². The number of nitrogens with zero attached hydrogens (tertiary/aromatic N) is 2. The molecular formula is C12H18ClN3O. The summed E-state index contributed by atoms with van der Waals surface area (Å²) in [5, 5.41) is 21.6. The lowest BCUT2D eigenvalue weighted by Gasteiger charge is -2.29. The lowest BCUT2D eigenvalue weighted by atomic mass is 9.92. The van der Waals surface area contributed by atoms with Gasteiger partial charge in [0.25, 0.3) is 0 Å². The molecule has 5 heteroatoms. The van der Waals surface area contributed by atoms with Gasteiger partial charge < -0.3 is 10.4 Å². The molecule has 1 aliphatic rings. The Morgan fingerprint density at radius 3 is 2.59 bits per heavy atom. The van der Waals surface area contributed by atoms with Crippen LogP contribution in [0.5, 0.6) is 0 Å². The van der Waals surface area contributed by atoms with Gasteiger partial charge in [-0.25, -0.2) is 0 Å². The van der Waals surface area contributed by atoms with Gasteiger partial charge >= 0.3 is 0 Å². The third-order valence-electron chi connectivity index (χ3n) is 3.52. The highest BCUT2D eigenvalue weighted by atomic mass is 35.5. The van der Waals surface area contributed by atoms with Gasteiger partial charge in [-0.1, -0.05) is 24.4 Å². The summed E-state index contributed by atoms with van der Waals surface area (Å²) in [4.78, 5) is 0. The lowest BCUT2D eigenvalue weighted by molar-refractivity contribution is 0.116. The van der Waals surface area contributed by atoms with Gasteiger partial charge in [-0.15, -0.1) is 10.2 Å². The number of hydrogen-bond acceptors (Lipinski definition) is 4. The first-order valence-corrected chi connectivity index (χ1v) is 6.41. The predicted molar refractivity (Wildman–Crippen MR) is 68.4 cm³/mol. The van der Waals surface area contributed by atoms with Crippen LogP contribution in [0.2, 0.25) is 5.15 Å². The normalized spacial score (nSPS) is 24.7. The Balaban J connectivity index is 2.15. The topological polar surface area (TPSA) is 58.0 Å². The molecule has 2 N–H and O–H groups in total. The molecule has 0 amide bonds. The molecular weight excluding hydrogens is 238 g/mol. The van der Waals surface area contributed by atoms with Crippen molar-refractivity contribution in [3.63, 3.8) is 0 Å². The van der Waals surface area contributed by atoms with Crippen LogP contribution in [-0.2, 0) is 0 Å². The molecule has 1 saturated carbocycles. The highest BCUT2D eigenvalue weighted by molar-refractivity contribution is 6.30. The molecule has 2 rings (SSSR count). The average molecular weight is 256 g/mol. The fourth-order valence-electron chi connectivity index (χ4n) is 2.17. The summed E-state index contributed by atoms with van der Waals surface area (Å²) in [7, 11) is 0. The standard InChI is InChI=1S/C12H18ClN3O/c1-7-8(2)12(16-15-11(7)13)14-9-5-3-4-6-10(9)17/h9-10,17H,3-6H2,1-2H3,(H,14,16)/t9-,10+/m0/s1. The Morgan fingerprint density at radius 1 is 1.18 bits per heavy atom. The minimum Gasteiger partial charge on any atom is -0.391 e. The van der Waals surface area contributed by atoms with Crippen LogP contribution in [-0.4, -0.2) is 27.4 Å². The Labute approximate surface area is 106 Å². The molecule has 0 bridgehead atoms. The number of anilines is 1. The van der Waals surface area contributed by atoms with Crippen molar-refractivity contribution in [2.75, 3.05) is 5.32 Å². The molecule has 1 aliphatic carbocycles. The van der Waals surface area contributed by atoms with Crippen molar-refractivity contribution < 1.29 is 5.11 Å². The number of nitrogens with one attached hydrogen (secondary N) is 1. The van der Waals surface area contributed by atoms with E-state index in [0.29, 0.717) is 5.15 Å². The minimum atomic E-state index is -0.291. The van der Waals surface area contributed by atoms with Crippen molar-refractivity contribution in [2.24, 2.45) is 0 Å². The van der Waals surface area contributed by atoms with E-state index in [0.717, 1.165) is 42.6 Å². The Morgan fingerprint density at radius 2 is 1.88 bits per heavy atom. The Kier molecular flexibility index (Phi) is 3.84. The summed E-state index contributed by atoms with van der Waals surface area (Å²) in [6, 6.07) is 0.0809. The summed E-state index contributed by atoms with van der Waals surface area (Å²) >= 11 is 5.91. The summed E-state index contributed by atoms with van der Waals surface area (Å²) < 4.78 is 0. The summed E-state index contributed by atoms with van der Waals surface area (Å²) in [5.41, 5.74) is 1.94. The fraction of sp³-hybridized carbons (Fsp3) is 0.667. The number of halogens is 1. The zero-order chi connectivity index (χ0) is 12.4. The molecule has 1 aromatic rings. The number of hydrogen-bond donors (Lipinski definition) is 2. The third-order valence-corrected chi connectivity index (χ3v) is 3.88. The lowest BCUT2D eigenvalue weighted by Crippen LogP contribution is -2.36. The fourth-order valence-corrected chi connectivity index (χ4v) is 2.35. The van der Waals surface area contributed by atoms with E-state index in [1.165, 1.54) is 0 Å². The van der Waals surface area contributed by atoms with Gasteiger partial charge in [0, 0.05) is 0 Å². The van der Waals surface area contributed by atoms with Gasteiger partial charge in [0.1, 0.15) is 0 Å². The smallest absolute Gasteiger partial charge is 0.155 e. The number of aliphatic hydroxyl groups excluding tert-OH is 1. The molecule has 94 valence electrons. The molecule has 0 aromatic carbocycles. The first kappa shape index (κ1) is 12.6. The van der Waals surface area contributed by atoms with Gasteiger partial charge in [0.05, 0.1) is 12.1 Å². The van der Waals surface area contributed by atoms with Crippen molar-refractivity contribution in [2.45, 2.75) is 51.7 Å². The summed E-state index contributed by atoms with van der Waals surface area (Å²) in [6.45, 7) is 3.89. The predicted octanol–water partition coefficient (Wildman–Crippen LogP) is 2.46. The van der Waals surface area contributed by atoms with Crippen LogP contribution in [0.3, 0.4) is 0 Å². The van der Waals surface area contributed by atoms with E-state index in [1.807, 2.05) is 13.8 Å². The van der Waals surface area contributed by atoms with Crippen LogP contribution in [0.1, 0.15) is 36.8 Å². The van der Waals surface area contributed by atoms with E-state index in [9.17, 15) is 5.11 Å². The van der Waals surface area contributed by atoms with E-state index in [-0.39, 0.29) is 12.1 Å². The highest BCUT2D eigenvalue weighted by Crippen LogP contribution is 2.25. The molecule has 4 nitrogen and oxygen atoms in total. The van der Waals surface area contributed by atoms with Crippen molar-refractivity contribution in [3.05, 3.63) is 16.3 Å². The van der Waals surface area contributed by atoms with E-state index in [1.54, 1.807) is 0 Å². The van der Waals surface area contributed by atoms with Crippen LogP contribution in [0.15, 0.2) is 0 Å². The van der Waals surface area contributed by atoms with Crippen molar-refractivity contribution >= 4 is 17.4 Å². The Bertz CT molecular complexity index is 411. The van der Waals surface area contributed by atoms with E-state index in [2.05, 4.69) is 15.5 Å². The molecule has 0 radical (unpaired) electrons. The van der Waals surface area contributed by atoms with Crippen LogP contribution in [0.25, 0.3) is 0 Å². The van der Waals surface area contributed by atoms with E-state index >= 15 is 0 Å². The average Bonchev–Trinajstić information content (AvgIpc) is 2.32. The van der Waals surface area contributed by atoms with Crippen LogP contribution in [0, 0.1) is 13.8 Å². The largest absolute Gasteiger partial charge is 0.391 e. The molecule has 17 heavy (non-hydrogen) atoms. The highest BCUT2D eigenvalue weighted by Gasteiger charge is 2.24. The number of aliphatic hydroxyl groups is 1. The summed E-state index contributed by atoms with van der Waals surface area (Å²) in [5.74, 6) is 0.734. The molecule has 1 heterocycles. The van der Waals surface area contributed by atoms with Crippen LogP contribution in [0.4, 0.5) is 5.82 Å². The van der Waals surface area contributed by atoms with Gasteiger partial charge in [-0.2, -0.15) is 0 Å². The zero-order valence-corrected chi connectivity index (χ0v) is 11.0. The third kappa shape index (κ3) is 2.69. The molecule has 0 aliphatic heterocycles. The van der Waals surface area contributed by atoms with E-state index < -0.39 is 0 Å². The zero-order valence-electron chi connectivity index (χ0n) is 10.2. The van der Waals surface area contributed by atoms with Crippen molar-refractivity contribution in [1.82, 2.24) is 10.2 Å². The molecule has 1 aromatic heterocycles. The van der Waals surface area contributed by atoms with Gasteiger partial charge in [0.2, 0.25) is 0 Å². The first-order valence-electron chi connectivity index (χ1n) is 6.03. The Hall–Kier alpha value is -0.870. The minimum absolute atomic E-state index is 0.0809. The molecule has 0 unspecified atom stereocenters. The molecule has 1 fully saturated rings. The van der Waals surface area contributed by atoms with Crippen molar-refractivity contribution in [3.8, 4) is 0 Å². The monoisotopic (exact) mass is 255 g/mol. The maximum absolute atomic E-state index is 9.91. The molecule has 2 atom stereocenters. The van der Waals surface area contributed by atoms with Crippen LogP contribution >= 0.6 is 11.6 Å². The second-order valence-electron chi connectivity index (χ2n) is 4.69. The van der Waals surface area contributed by atoms with Gasteiger partial charge in [-0.05, 0) is 37.8 Å². The summed E-state index contributed by atoms with van der Waals surface area (Å²) in [6.07, 6.45) is 3.79. The van der Waals surface area contributed by atoms with Gasteiger partial charge in [0.15, 0.2) is 11.0 Å². The molecule has 0 spiro atoms. The quantitative estimate of drug-likeness (QED) is 0.852. The van der Waals surface area contributed by atoms with E-state index in [4.69, 9.17) is 11.6 Å². The second kappa shape index (κ2) is 5.19. The van der Waals surface area contributed by atoms with Crippen molar-refractivity contribution in [1.29, 1.82) is 0 Å². The van der Waals surface area contributed by atoms with Gasteiger partial charge in [-0.3, -0.25) is 0 Å². The SMILES string of the molecule is Cc1c(Cl)nnc(N[C@H]2CCCC[C@H]2O)c1C. The number of aromatic nitrogens is 2. The maximum atomic E-state index is 9.91.